The minimum atomic E-state index is -4.49. The highest BCUT2D eigenvalue weighted by Crippen LogP contribution is 2.49. The summed E-state index contributed by atoms with van der Waals surface area (Å²) >= 11 is 0. The molecule has 17 heteroatoms. The Labute approximate surface area is 309 Å². The molecule has 0 saturated carbocycles. The molecule has 0 amide bonds. The number of nitriles is 1. The van der Waals surface area contributed by atoms with Crippen LogP contribution in [0.2, 0.25) is 0 Å². The first kappa shape index (κ1) is 41.2. The number of ether oxygens (including phenoxy) is 4. The first-order valence-corrected chi connectivity index (χ1v) is 18.9. The molecule has 1 aliphatic heterocycles. The van der Waals surface area contributed by atoms with Crippen LogP contribution in [-0.2, 0) is 48.0 Å². The SMILES string of the molecule is CCC(C)(C)COC(=O)[C@H](C)NP(=O)(OC[C@H]1O[C@@](C#N)(c2ccc3c(N)ncnn23)[C@H](OC(=O)C(C)C)[C@@H]1OC(=O)C(C)C)Oc1ccc(C)cc1. The molecular formula is C36H49N6O10P. The topological polar surface area (TPSA) is 216 Å². The Balaban J connectivity index is 1.76. The number of nitrogen functional groups attached to an aromatic ring is 1. The molecule has 1 saturated heterocycles. The average Bonchev–Trinajstić information content (AvgIpc) is 3.67. The molecule has 0 spiro atoms. The number of benzene rings is 1. The van der Waals surface area contributed by atoms with Crippen LogP contribution in [0.4, 0.5) is 5.82 Å². The molecule has 3 aromatic rings. The van der Waals surface area contributed by atoms with Gasteiger partial charge in [-0.05, 0) is 49.9 Å². The van der Waals surface area contributed by atoms with Gasteiger partial charge >= 0.3 is 25.7 Å². The van der Waals surface area contributed by atoms with Gasteiger partial charge in [0, 0.05) is 0 Å². The zero-order valence-electron chi connectivity index (χ0n) is 31.5. The summed E-state index contributed by atoms with van der Waals surface area (Å²) in [5, 5.41) is 17.8. The number of nitrogens with two attached hydrogens (primary N) is 1. The van der Waals surface area contributed by atoms with Crippen LogP contribution < -0.4 is 15.3 Å². The van der Waals surface area contributed by atoms with Gasteiger partial charge in [0.25, 0.3) is 0 Å². The second kappa shape index (κ2) is 16.6. The van der Waals surface area contributed by atoms with E-state index in [0.29, 0.717) is 5.52 Å². The summed E-state index contributed by atoms with van der Waals surface area (Å²) in [6, 6.07) is 10.6. The summed E-state index contributed by atoms with van der Waals surface area (Å²) in [6.07, 6.45) is -2.51. The number of rotatable bonds is 16. The van der Waals surface area contributed by atoms with Crippen molar-refractivity contribution in [2.45, 2.75) is 98.7 Å². The molecule has 3 heterocycles. The van der Waals surface area contributed by atoms with Crippen molar-refractivity contribution in [1.82, 2.24) is 19.7 Å². The van der Waals surface area contributed by atoms with Crippen molar-refractivity contribution in [2.75, 3.05) is 18.9 Å². The number of hydrogen-bond acceptors (Lipinski definition) is 14. The number of anilines is 1. The van der Waals surface area contributed by atoms with Crippen molar-refractivity contribution < 1.29 is 46.9 Å². The Morgan fingerprint density at radius 3 is 2.30 bits per heavy atom. The van der Waals surface area contributed by atoms with E-state index in [-0.39, 0.29) is 29.3 Å². The molecule has 0 aliphatic carbocycles. The summed E-state index contributed by atoms with van der Waals surface area (Å²) in [6.45, 7) is 15.1. The van der Waals surface area contributed by atoms with E-state index in [0.717, 1.165) is 12.0 Å². The number of esters is 3. The lowest BCUT2D eigenvalue weighted by Gasteiger charge is -2.29. The highest BCUT2D eigenvalue weighted by Gasteiger charge is 2.63. The standard InChI is InChI=1S/C36H49N6O10P/c1-10-35(8,9)19-47-34(45)24(7)41-53(46,52-25-13-11-23(6)12-14-25)48-17-27-29(49-32(43)21(2)3)30(50-33(44)22(4)5)36(18-37,51-27)28-16-15-26-31(38)39-20-40-42(26)28/h11-16,20-22,24,27,29-30H,10,17,19H2,1-9H3,(H,41,46)(H2,38,39,40)/t24-,27+,29+,30+,36-,53?/m0/s1. The Hall–Kier alpha value is -4.55. The maximum atomic E-state index is 14.5. The zero-order chi connectivity index (χ0) is 39.3. The number of nitrogens with one attached hydrogen (secondary N) is 1. The fraction of sp³-hybridized carbons (Fsp3) is 0.556. The molecule has 1 fully saturated rings. The molecule has 53 heavy (non-hydrogen) atoms. The molecule has 0 radical (unpaired) electrons. The predicted octanol–water partition coefficient (Wildman–Crippen LogP) is 5.03. The predicted molar refractivity (Wildman–Crippen MR) is 192 cm³/mol. The molecule has 4 rings (SSSR count). The van der Waals surface area contributed by atoms with E-state index in [1.54, 1.807) is 58.0 Å². The minimum absolute atomic E-state index is 0.0855. The largest absolute Gasteiger partial charge is 0.464 e. The van der Waals surface area contributed by atoms with Crippen LogP contribution in [-0.4, -0.2) is 70.1 Å². The minimum Gasteiger partial charge on any atom is -0.464 e. The van der Waals surface area contributed by atoms with Gasteiger partial charge in [-0.1, -0.05) is 66.2 Å². The third-order valence-corrected chi connectivity index (χ3v) is 10.4. The van der Waals surface area contributed by atoms with E-state index in [4.69, 9.17) is 33.7 Å². The number of aromatic nitrogens is 3. The van der Waals surface area contributed by atoms with E-state index in [9.17, 15) is 24.2 Å². The quantitative estimate of drug-likeness (QED) is 0.111. The fourth-order valence-electron chi connectivity index (χ4n) is 5.12. The first-order chi connectivity index (χ1) is 24.8. The third kappa shape index (κ3) is 9.52. The molecule has 3 N–H and O–H groups in total. The van der Waals surface area contributed by atoms with Crippen LogP contribution >= 0.6 is 7.75 Å². The second-order valence-electron chi connectivity index (χ2n) is 14.4. The number of hydrogen-bond donors (Lipinski definition) is 2. The van der Waals surface area contributed by atoms with Crippen molar-refractivity contribution >= 4 is 37.0 Å². The van der Waals surface area contributed by atoms with Crippen molar-refractivity contribution in [1.29, 1.82) is 5.26 Å². The summed E-state index contributed by atoms with van der Waals surface area (Å²) in [5.74, 6) is -3.15. The first-order valence-electron chi connectivity index (χ1n) is 17.4. The molecule has 2 aromatic heterocycles. The van der Waals surface area contributed by atoms with Gasteiger partial charge in [0.15, 0.2) is 18.0 Å². The van der Waals surface area contributed by atoms with Crippen LogP contribution in [0.25, 0.3) is 5.52 Å². The average molecular weight is 757 g/mol. The van der Waals surface area contributed by atoms with E-state index < -0.39 is 74.1 Å². The van der Waals surface area contributed by atoms with Gasteiger partial charge in [-0.15, -0.1) is 0 Å². The lowest BCUT2D eigenvalue weighted by atomic mass is 9.92. The van der Waals surface area contributed by atoms with Crippen LogP contribution in [0.15, 0.2) is 42.7 Å². The van der Waals surface area contributed by atoms with Gasteiger partial charge in [0.05, 0.1) is 30.7 Å². The smallest absolute Gasteiger partial charge is 0.459 e. The van der Waals surface area contributed by atoms with Crippen molar-refractivity contribution in [3.05, 3.63) is 54.0 Å². The fourth-order valence-corrected chi connectivity index (χ4v) is 6.62. The van der Waals surface area contributed by atoms with Crippen molar-refractivity contribution in [3.8, 4) is 11.8 Å². The molecular weight excluding hydrogens is 707 g/mol. The Kier molecular flexibility index (Phi) is 12.9. The monoisotopic (exact) mass is 756 g/mol. The highest BCUT2D eigenvalue weighted by molar-refractivity contribution is 7.52. The van der Waals surface area contributed by atoms with Crippen molar-refractivity contribution in [2.24, 2.45) is 17.3 Å². The van der Waals surface area contributed by atoms with Crippen LogP contribution in [0.1, 0.15) is 73.1 Å². The highest BCUT2D eigenvalue weighted by atomic mass is 31.2. The summed E-state index contributed by atoms with van der Waals surface area (Å²) < 4.78 is 51.4. The number of fused-ring (bicyclic) bond motifs is 1. The second-order valence-corrected chi connectivity index (χ2v) is 16.1. The Morgan fingerprint density at radius 1 is 1.06 bits per heavy atom. The number of carbonyl (C=O) groups is 3. The maximum Gasteiger partial charge on any atom is 0.459 e. The summed E-state index contributed by atoms with van der Waals surface area (Å²) in [5.41, 5.74) is 4.95. The normalized spacial score (nSPS) is 21.9. The van der Waals surface area contributed by atoms with Crippen LogP contribution in [0.5, 0.6) is 5.75 Å². The van der Waals surface area contributed by atoms with Gasteiger partial charge in [0.1, 0.15) is 35.8 Å². The maximum absolute atomic E-state index is 14.5. The van der Waals surface area contributed by atoms with E-state index in [1.807, 2.05) is 27.7 Å². The van der Waals surface area contributed by atoms with Crippen molar-refractivity contribution in [3.63, 3.8) is 0 Å². The molecule has 6 atom stereocenters. The van der Waals surface area contributed by atoms with Crippen LogP contribution in [0.3, 0.4) is 0 Å². The molecule has 1 unspecified atom stereocenters. The molecule has 1 aliphatic rings. The van der Waals surface area contributed by atoms with Gasteiger partial charge in [0.2, 0.25) is 5.60 Å². The van der Waals surface area contributed by atoms with E-state index in [2.05, 4.69) is 21.2 Å². The number of nitrogens with zero attached hydrogens (tertiary/aromatic N) is 4. The Bertz CT molecular complexity index is 1870. The van der Waals surface area contributed by atoms with Gasteiger partial charge in [-0.2, -0.15) is 15.4 Å². The van der Waals surface area contributed by atoms with E-state index >= 15 is 0 Å². The van der Waals surface area contributed by atoms with Crippen LogP contribution in [0, 0.1) is 35.5 Å². The molecule has 16 nitrogen and oxygen atoms in total. The third-order valence-electron chi connectivity index (χ3n) is 8.79. The lowest BCUT2D eigenvalue weighted by molar-refractivity contribution is -0.173. The van der Waals surface area contributed by atoms with Gasteiger partial charge < -0.3 is 29.2 Å². The van der Waals surface area contributed by atoms with Gasteiger partial charge in [-0.25, -0.2) is 14.1 Å². The summed E-state index contributed by atoms with van der Waals surface area (Å²) in [7, 11) is -4.49. The summed E-state index contributed by atoms with van der Waals surface area (Å²) in [4.78, 5) is 43.4. The lowest BCUT2D eigenvalue weighted by Crippen LogP contribution is -2.47. The molecule has 0 bridgehead atoms. The van der Waals surface area contributed by atoms with Gasteiger partial charge in [-0.3, -0.25) is 18.9 Å². The molecule has 1 aromatic carbocycles. The zero-order valence-corrected chi connectivity index (χ0v) is 32.4. The Morgan fingerprint density at radius 2 is 1.70 bits per heavy atom. The number of carbonyl (C=O) groups excluding carboxylic acids is 3. The number of aryl methyl sites for hydroxylation is 1. The molecule has 288 valence electrons. The van der Waals surface area contributed by atoms with E-state index in [1.165, 1.54) is 23.8 Å².